The monoisotopic (exact) mass is 332 g/mol. The van der Waals surface area contributed by atoms with Crippen LogP contribution in [0.4, 0.5) is 5.95 Å². The van der Waals surface area contributed by atoms with E-state index in [1.54, 1.807) is 17.3 Å². The van der Waals surface area contributed by atoms with Crippen molar-refractivity contribution in [3.05, 3.63) is 16.0 Å². The number of aromatic nitrogens is 2. The van der Waals surface area contributed by atoms with E-state index >= 15 is 0 Å². The molecule has 1 aromatic heterocycles. The van der Waals surface area contributed by atoms with Crippen LogP contribution in [-0.2, 0) is 4.79 Å². The molecule has 6 heteroatoms. The van der Waals surface area contributed by atoms with E-state index in [1.807, 2.05) is 7.05 Å². The summed E-state index contributed by atoms with van der Waals surface area (Å²) in [4.78, 5) is 21.6. The van der Waals surface area contributed by atoms with Gasteiger partial charge in [-0.3, -0.25) is 4.79 Å². The topological polar surface area (TPSA) is 58.1 Å². The minimum absolute atomic E-state index is 0.0344. The number of hydrogen-bond donors (Lipinski definition) is 1. The van der Waals surface area contributed by atoms with Crippen LogP contribution >= 0.6 is 22.6 Å². The van der Waals surface area contributed by atoms with Gasteiger partial charge in [0.15, 0.2) is 0 Å². The Morgan fingerprint density at radius 1 is 1.56 bits per heavy atom. The Balaban J connectivity index is 1.88. The molecule has 86 valence electrons. The number of nitrogens with one attached hydrogen (secondary N) is 1. The number of nitrogens with zero attached hydrogens (tertiary/aromatic N) is 3. The van der Waals surface area contributed by atoms with Crippen LogP contribution in [-0.4, -0.2) is 35.5 Å². The zero-order valence-corrected chi connectivity index (χ0v) is 11.1. The molecule has 1 aliphatic carbocycles. The summed E-state index contributed by atoms with van der Waals surface area (Å²) in [7, 11) is 1.81. The molecule has 2 rings (SSSR count). The second kappa shape index (κ2) is 4.94. The molecule has 1 saturated carbocycles. The van der Waals surface area contributed by atoms with Gasteiger partial charge in [0.25, 0.3) is 0 Å². The van der Waals surface area contributed by atoms with Crippen molar-refractivity contribution in [3.8, 4) is 0 Å². The Labute approximate surface area is 108 Å². The van der Waals surface area contributed by atoms with Gasteiger partial charge in [-0.1, -0.05) is 0 Å². The van der Waals surface area contributed by atoms with Crippen molar-refractivity contribution in [1.29, 1.82) is 0 Å². The summed E-state index contributed by atoms with van der Waals surface area (Å²) in [5.41, 5.74) is 0. The summed E-state index contributed by atoms with van der Waals surface area (Å²) in [5.74, 6) is 0.610. The third-order valence-electron chi connectivity index (χ3n) is 2.27. The second-order valence-corrected chi connectivity index (χ2v) is 5.14. The summed E-state index contributed by atoms with van der Waals surface area (Å²) >= 11 is 2.15. The molecule has 1 amide bonds. The molecule has 0 saturated heterocycles. The third-order valence-corrected chi connectivity index (χ3v) is 2.83. The Morgan fingerprint density at radius 3 is 2.75 bits per heavy atom. The van der Waals surface area contributed by atoms with Gasteiger partial charge in [0.2, 0.25) is 11.9 Å². The zero-order chi connectivity index (χ0) is 11.5. The summed E-state index contributed by atoms with van der Waals surface area (Å²) in [6.45, 7) is 0.303. The Hall–Kier alpha value is -0.920. The van der Waals surface area contributed by atoms with Crippen molar-refractivity contribution >= 4 is 34.4 Å². The van der Waals surface area contributed by atoms with Gasteiger partial charge >= 0.3 is 0 Å². The predicted octanol–water partition coefficient (Wildman–Crippen LogP) is 0.796. The van der Waals surface area contributed by atoms with Crippen molar-refractivity contribution < 1.29 is 4.79 Å². The van der Waals surface area contributed by atoms with Crippen LogP contribution in [0.1, 0.15) is 12.8 Å². The Bertz CT molecular complexity index is 377. The molecular formula is C10H13IN4O. The lowest BCUT2D eigenvalue weighted by molar-refractivity contribution is -0.119. The van der Waals surface area contributed by atoms with Crippen molar-refractivity contribution in [2.75, 3.05) is 18.5 Å². The quantitative estimate of drug-likeness (QED) is 0.829. The van der Waals surface area contributed by atoms with Crippen LogP contribution in [0.5, 0.6) is 0 Å². The lowest BCUT2D eigenvalue weighted by atomic mass is 10.5. The highest BCUT2D eigenvalue weighted by Gasteiger charge is 2.23. The Kier molecular flexibility index (Phi) is 3.57. The first-order chi connectivity index (χ1) is 7.65. The first-order valence-corrected chi connectivity index (χ1v) is 6.21. The third kappa shape index (κ3) is 3.29. The molecule has 1 aromatic rings. The molecule has 1 N–H and O–H groups in total. The van der Waals surface area contributed by atoms with Crippen LogP contribution in [0.2, 0.25) is 0 Å². The van der Waals surface area contributed by atoms with E-state index in [1.165, 1.54) is 0 Å². The number of amides is 1. The molecule has 0 radical (unpaired) electrons. The number of halogens is 1. The van der Waals surface area contributed by atoms with E-state index in [0.29, 0.717) is 18.5 Å². The number of carbonyl (C=O) groups is 1. The average Bonchev–Trinajstić information content (AvgIpc) is 3.02. The maximum Gasteiger partial charge on any atom is 0.239 e. The molecule has 5 nitrogen and oxygen atoms in total. The number of likely N-dealkylation sites (N-methyl/N-ethyl adjacent to an activating group) is 1. The SMILES string of the molecule is CN(CC(=O)NC1CC1)c1ncc(I)cn1. The number of carbonyl (C=O) groups excluding carboxylic acids is 1. The molecule has 0 spiro atoms. The van der Waals surface area contributed by atoms with Crippen LogP contribution in [0, 0.1) is 3.57 Å². The molecule has 1 fully saturated rings. The minimum atomic E-state index is 0.0344. The van der Waals surface area contributed by atoms with Gasteiger partial charge < -0.3 is 10.2 Å². The molecule has 0 atom stereocenters. The van der Waals surface area contributed by atoms with Gasteiger partial charge in [-0.05, 0) is 35.4 Å². The predicted molar refractivity (Wildman–Crippen MR) is 69.2 cm³/mol. The highest BCUT2D eigenvalue weighted by molar-refractivity contribution is 14.1. The van der Waals surface area contributed by atoms with E-state index in [-0.39, 0.29) is 5.91 Å². The highest BCUT2D eigenvalue weighted by Crippen LogP contribution is 2.18. The van der Waals surface area contributed by atoms with Crippen molar-refractivity contribution in [3.63, 3.8) is 0 Å². The highest BCUT2D eigenvalue weighted by atomic mass is 127. The maximum atomic E-state index is 11.5. The summed E-state index contributed by atoms with van der Waals surface area (Å²) in [5, 5.41) is 2.93. The molecule has 0 aromatic carbocycles. The number of rotatable bonds is 4. The second-order valence-electron chi connectivity index (χ2n) is 3.90. The van der Waals surface area contributed by atoms with Crippen LogP contribution in [0.3, 0.4) is 0 Å². The molecule has 0 aliphatic heterocycles. The standard InChI is InChI=1S/C10H13IN4O/c1-15(6-9(16)14-8-2-3-8)10-12-4-7(11)5-13-10/h4-5,8H,2-3,6H2,1H3,(H,14,16). The summed E-state index contributed by atoms with van der Waals surface area (Å²) < 4.78 is 0.984. The van der Waals surface area contributed by atoms with E-state index in [4.69, 9.17) is 0 Å². The molecule has 0 unspecified atom stereocenters. The smallest absolute Gasteiger partial charge is 0.239 e. The maximum absolute atomic E-state index is 11.5. The largest absolute Gasteiger partial charge is 0.352 e. The Morgan fingerprint density at radius 2 is 2.19 bits per heavy atom. The molecule has 1 aliphatic rings. The van der Waals surface area contributed by atoms with Crippen LogP contribution in [0.25, 0.3) is 0 Å². The fourth-order valence-electron chi connectivity index (χ4n) is 1.29. The van der Waals surface area contributed by atoms with Gasteiger partial charge in [0.05, 0.1) is 6.54 Å². The number of anilines is 1. The lowest BCUT2D eigenvalue weighted by Crippen LogP contribution is -2.36. The fourth-order valence-corrected chi connectivity index (χ4v) is 1.57. The lowest BCUT2D eigenvalue weighted by Gasteiger charge is -2.16. The van der Waals surface area contributed by atoms with Crippen LogP contribution in [0.15, 0.2) is 12.4 Å². The van der Waals surface area contributed by atoms with Crippen molar-refractivity contribution in [2.45, 2.75) is 18.9 Å². The molecule has 0 bridgehead atoms. The van der Waals surface area contributed by atoms with Gasteiger partial charge in [-0.2, -0.15) is 0 Å². The van der Waals surface area contributed by atoms with Gasteiger partial charge in [0, 0.05) is 29.1 Å². The zero-order valence-electron chi connectivity index (χ0n) is 8.98. The fraction of sp³-hybridized carbons (Fsp3) is 0.500. The van der Waals surface area contributed by atoms with E-state index in [2.05, 4.69) is 37.9 Å². The number of hydrogen-bond acceptors (Lipinski definition) is 4. The van der Waals surface area contributed by atoms with Gasteiger partial charge in [-0.15, -0.1) is 0 Å². The normalized spacial score (nSPS) is 14.6. The molecule has 1 heterocycles. The minimum Gasteiger partial charge on any atom is -0.352 e. The van der Waals surface area contributed by atoms with Gasteiger partial charge in [0.1, 0.15) is 0 Å². The first kappa shape index (κ1) is 11.6. The first-order valence-electron chi connectivity index (χ1n) is 5.13. The van der Waals surface area contributed by atoms with Crippen molar-refractivity contribution in [2.24, 2.45) is 0 Å². The molecule has 16 heavy (non-hydrogen) atoms. The average molecular weight is 332 g/mol. The van der Waals surface area contributed by atoms with E-state index in [0.717, 1.165) is 16.4 Å². The van der Waals surface area contributed by atoms with E-state index in [9.17, 15) is 4.79 Å². The summed E-state index contributed by atoms with van der Waals surface area (Å²) in [6.07, 6.45) is 5.68. The summed E-state index contributed by atoms with van der Waals surface area (Å²) in [6, 6.07) is 0.401. The van der Waals surface area contributed by atoms with Gasteiger partial charge in [-0.25, -0.2) is 9.97 Å². The van der Waals surface area contributed by atoms with Crippen LogP contribution < -0.4 is 10.2 Å². The van der Waals surface area contributed by atoms with E-state index < -0.39 is 0 Å². The van der Waals surface area contributed by atoms with Crippen molar-refractivity contribution in [1.82, 2.24) is 15.3 Å². The molecular weight excluding hydrogens is 319 g/mol.